The van der Waals surface area contributed by atoms with E-state index >= 15 is 0 Å². The van der Waals surface area contributed by atoms with Gasteiger partial charge in [-0.1, -0.05) is 0 Å². The predicted octanol–water partition coefficient (Wildman–Crippen LogP) is 1.34. The molecule has 18 heavy (non-hydrogen) atoms. The van der Waals surface area contributed by atoms with E-state index in [0.717, 1.165) is 6.07 Å². The number of benzene rings is 1. The summed E-state index contributed by atoms with van der Waals surface area (Å²) in [6, 6.07) is 3.85. The van der Waals surface area contributed by atoms with Gasteiger partial charge in [0.25, 0.3) is 11.7 Å². The Morgan fingerprint density at radius 2 is 1.94 bits per heavy atom. The van der Waals surface area contributed by atoms with Gasteiger partial charge in [0.1, 0.15) is 5.82 Å². The number of rotatable bonds is 3. The number of halogens is 2. The van der Waals surface area contributed by atoms with Crippen molar-refractivity contribution in [3.63, 3.8) is 0 Å². The first-order valence-electron chi connectivity index (χ1n) is 5.31. The molecule has 0 unspecified atom stereocenters. The van der Waals surface area contributed by atoms with Gasteiger partial charge >= 0.3 is 0 Å². The van der Waals surface area contributed by atoms with E-state index in [1.165, 1.54) is 17.0 Å². The maximum Gasteiger partial charge on any atom is 0.299 e. The van der Waals surface area contributed by atoms with E-state index in [1.807, 2.05) is 19.0 Å². The molecule has 0 saturated carbocycles. The molecule has 1 aromatic rings. The molecule has 2 rings (SSSR count). The third-order valence-corrected chi connectivity index (χ3v) is 2.70. The van der Waals surface area contributed by atoms with Crippen molar-refractivity contribution in [2.45, 2.75) is 0 Å². The largest absolute Gasteiger partial charge is 0.308 e. The molecule has 1 aliphatic heterocycles. The number of amides is 1. The van der Waals surface area contributed by atoms with Crippen LogP contribution >= 0.6 is 12.4 Å². The van der Waals surface area contributed by atoms with Crippen molar-refractivity contribution >= 4 is 29.8 Å². The predicted molar refractivity (Wildman–Crippen MR) is 68.9 cm³/mol. The summed E-state index contributed by atoms with van der Waals surface area (Å²) in [5.41, 5.74) is 0.664. The minimum Gasteiger partial charge on any atom is -0.308 e. The Labute approximate surface area is 111 Å². The smallest absolute Gasteiger partial charge is 0.299 e. The van der Waals surface area contributed by atoms with Gasteiger partial charge in [-0.3, -0.25) is 9.59 Å². The van der Waals surface area contributed by atoms with E-state index in [2.05, 4.69) is 0 Å². The lowest BCUT2D eigenvalue weighted by molar-refractivity contribution is -0.114. The zero-order valence-electron chi connectivity index (χ0n) is 10.1. The highest BCUT2D eigenvalue weighted by Crippen LogP contribution is 2.29. The summed E-state index contributed by atoms with van der Waals surface area (Å²) in [4.78, 5) is 26.7. The first-order chi connectivity index (χ1) is 8.00. The fourth-order valence-corrected chi connectivity index (χ4v) is 1.79. The molecule has 1 aromatic carbocycles. The summed E-state index contributed by atoms with van der Waals surface area (Å²) in [6.07, 6.45) is 0. The van der Waals surface area contributed by atoms with Crippen molar-refractivity contribution in [1.82, 2.24) is 4.90 Å². The Morgan fingerprint density at radius 3 is 2.56 bits per heavy atom. The number of likely N-dealkylation sites (N-methyl/N-ethyl adjacent to an activating group) is 1. The molecule has 4 nitrogen and oxygen atoms in total. The molecule has 0 aromatic heterocycles. The van der Waals surface area contributed by atoms with Crippen molar-refractivity contribution in [3.05, 3.63) is 29.6 Å². The van der Waals surface area contributed by atoms with E-state index < -0.39 is 17.5 Å². The maximum atomic E-state index is 13.0. The van der Waals surface area contributed by atoms with Crippen LogP contribution in [-0.4, -0.2) is 43.8 Å². The third-order valence-electron chi connectivity index (χ3n) is 2.70. The SMILES string of the molecule is CN(C)CCN1C(=O)C(=O)c2cc(F)ccc21.Cl. The van der Waals surface area contributed by atoms with Gasteiger partial charge in [-0.15, -0.1) is 12.4 Å². The molecule has 1 aliphatic rings. The molecule has 0 atom stereocenters. The highest BCUT2D eigenvalue weighted by atomic mass is 35.5. The third kappa shape index (κ3) is 2.52. The van der Waals surface area contributed by atoms with Crippen LogP contribution in [0.4, 0.5) is 10.1 Å². The van der Waals surface area contributed by atoms with Crippen LogP contribution < -0.4 is 4.90 Å². The van der Waals surface area contributed by atoms with Gasteiger partial charge < -0.3 is 9.80 Å². The Morgan fingerprint density at radius 1 is 1.28 bits per heavy atom. The molecule has 0 N–H and O–H groups in total. The minimum absolute atomic E-state index is 0. The number of fused-ring (bicyclic) bond motifs is 1. The number of hydrogen-bond acceptors (Lipinski definition) is 3. The second-order valence-electron chi connectivity index (χ2n) is 4.25. The number of carbonyl (C=O) groups excluding carboxylic acids is 2. The first-order valence-corrected chi connectivity index (χ1v) is 5.31. The van der Waals surface area contributed by atoms with Gasteiger partial charge in [0.2, 0.25) is 0 Å². The van der Waals surface area contributed by atoms with Crippen LogP contribution in [0.1, 0.15) is 10.4 Å². The quantitative estimate of drug-likeness (QED) is 0.780. The zero-order chi connectivity index (χ0) is 12.6. The van der Waals surface area contributed by atoms with Crippen molar-refractivity contribution in [1.29, 1.82) is 0 Å². The normalized spacial score (nSPS) is 13.9. The van der Waals surface area contributed by atoms with Gasteiger partial charge in [-0.05, 0) is 32.3 Å². The molecular formula is C12H14ClFN2O2. The summed E-state index contributed by atoms with van der Waals surface area (Å²) in [5, 5.41) is 0. The second kappa shape index (κ2) is 5.46. The van der Waals surface area contributed by atoms with Crippen molar-refractivity contribution in [2.24, 2.45) is 0 Å². The summed E-state index contributed by atoms with van der Waals surface area (Å²) in [7, 11) is 3.77. The average Bonchev–Trinajstić information content (AvgIpc) is 2.50. The van der Waals surface area contributed by atoms with E-state index in [1.54, 1.807) is 0 Å². The fourth-order valence-electron chi connectivity index (χ4n) is 1.79. The van der Waals surface area contributed by atoms with E-state index in [0.29, 0.717) is 18.8 Å². The van der Waals surface area contributed by atoms with Gasteiger partial charge in [-0.2, -0.15) is 0 Å². The summed E-state index contributed by atoms with van der Waals surface area (Å²) in [6.45, 7) is 1.08. The van der Waals surface area contributed by atoms with Crippen LogP contribution in [0, 0.1) is 5.82 Å². The number of carbonyl (C=O) groups is 2. The van der Waals surface area contributed by atoms with Crippen LogP contribution in [0.25, 0.3) is 0 Å². The highest BCUT2D eigenvalue weighted by molar-refractivity contribution is 6.52. The number of anilines is 1. The summed E-state index contributed by atoms with van der Waals surface area (Å²) < 4.78 is 13.0. The molecule has 98 valence electrons. The van der Waals surface area contributed by atoms with Crippen molar-refractivity contribution in [2.75, 3.05) is 32.1 Å². The molecule has 0 aliphatic carbocycles. The summed E-state index contributed by atoms with van der Waals surface area (Å²) in [5.74, 6) is -1.70. The van der Waals surface area contributed by atoms with Gasteiger partial charge in [0.05, 0.1) is 11.3 Å². The Kier molecular flexibility index (Phi) is 4.43. The molecule has 0 fully saturated rings. The van der Waals surface area contributed by atoms with Gasteiger partial charge in [0.15, 0.2) is 0 Å². The molecule has 6 heteroatoms. The Bertz CT molecular complexity index is 491. The second-order valence-corrected chi connectivity index (χ2v) is 4.25. The molecule has 0 spiro atoms. The molecule has 0 saturated heterocycles. The standard InChI is InChI=1S/C12H13FN2O2.ClH/c1-14(2)5-6-15-10-4-3-8(13)7-9(10)11(16)12(15)17;/h3-4,7H,5-6H2,1-2H3;1H. The lowest BCUT2D eigenvalue weighted by Crippen LogP contribution is -2.35. The fraction of sp³-hybridized carbons (Fsp3) is 0.333. The Hall–Kier alpha value is -1.46. The van der Waals surface area contributed by atoms with E-state index in [-0.39, 0.29) is 18.0 Å². The molecule has 1 heterocycles. The molecule has 0 radical (unpaired) electrons. The zero-order valence-corrected chi connectivity index (χ0v) is 11.0. The van der Waals surface area contributed by atoms with Crippen LogP contribution in [0.15, 0.2) is 18.2 Å². The summed E-state index contributed by atoms with van der Waals surface area (Å²) >= 11 is 0. The topological polar surface area (TPSA) is 40.6 Å². The van der Waals surface area contributed by atoms with E-state index in [4.69, 9.17) is 0 Å². The maximum absolute atomic E-state index is 13.0. The number of Topliss-reactive ketones (excluding diaryl/α,β-unsaturated/α-hetero) is 1. The first kappa shape index (κ1) is 14.6. The lowest BCUT2D eigenvalue weighted by Gasteiger charge is -2.18. The Balaban J connectivity index is 0.00000162. The van der Waals surface area contributed by atoms with Crippen molar-refractivity contribution in [3.8, 4) is 0 Å². The highest BCUT2D eigenvalue weighted by Gasteiger charge is 2.35. The number of ketones is 1. The van der Waals surface area contributed by atoms with Crippen LogP contribution in [0.5, 0.6) is 0 Å². The van der Waals surface area contributed by atoms with Crippen LogP contribution in [0.3, 0.4) is 0 Å². The molecule has 0 bridgehead atoms. The number of hydrogen-bond donors (Lipinski definition) is 0. The molecule has 1 amide bonds. The average molecular weight is 273 g/mol. The van der Waals surface area contributed by atoms with Crippen molar-refractivity contribution < 1.29 is 14.0 Å². The van der Waals surface area contributed by atoms with Gasteiger partial charge in [0, 0.05) is 13.1 Å². The van der Waals surface area contributed by atoms with Crippen LogP contribution in [0.2, 0.25) is 0 Å². The minimum atomic E-state index is -0.627. The van der Waals surface area contributed by atoms with Crippen LogP contribution in [-0.2, 0) is 4.79 Å². The monoisotopic (exact) mass is 272 g/mol. The van der Waals surface area contributed by atoms with E-state index in [9.17, 15) is 14.0 Å². The lowest BCUT2D eigenvalue weighted by atomic mass is 10.1. The molecular weight excluding hydrogens is 259 g/mol. The number of nitrogens with zero attached hydrogens (tertiary/aromatic N) is 2. The van der Waals surface area contributed by atoms with Gasteiger partial charge in [-0.25, -0.2) is 4.39 Å².